The van der Waals surface area contributed by atoms with E-state index in [1.54, 1.807) is 0 Å². The molecule has 0 fully saturated rings. The second kappa shape index (κ2) is 9.90. The van der Waals surface area contributed by atoms with Crippen molar-refractivity contribution in [3.05, 3.63) is 167 Å². The average molecular weight is 603 g/mol. The summed E-state index contributed by atoms with van der Waals surface area (Å²) in [4.78, 5) is 0. The van der Waals surface area contributed by atoms with Gasteiger partial charge in [-0.15, -0.1) is 0 Å². The van der Waals surface area contributed by atoms with Crippen LogP contribution in [0.25, 0.3) is 66.4 Å². The molecular weight excluding hydrogens is 565 g/mol. The van der Waals surface area contributed by atoms with Crippen LogP contribution in [0, 0.1) is 6.92 Å². The Bertz CT molecular complexity index is 2380. The predicted octanol–water partition coefficient (Wildman–Crippen LogP) is 12.8. The summed E-state index contributed by atoms with van der Waals surface area (Å²) in [5.74, 6) is 0. The number of aryl methyl sites for hydroxylation is 1. The minimum atomic E-state index is -0.117. The van der Waals surface area contributed by atoms with Gasteiger partial charge < -0.3 is 0 Å². The number of rotatable bonds is 3. The highest BCUT2D eigenvalue weighted by atomic mass is 14.4. The number of hydrogen-bond donors (Lipinski definition) is 0. The minimum Gasteiger partial charge on any atom is -0.0622 e. The number of hydrogen-bond acceptors (Lipinski definition) is 0. The molecule has 0 saturated carbocycles. The van der Waals surface area contributed by atoms with Crippen LogP contribution >= 0.6 is 0 Å². The summed E-state index contributed by atoms with van der Waals surface area (Å²) < 4.78 is 0. The van der Waals surface area contributed by atoms with E-state index in [9.17, 15) is 0 Å². The molecule has 0 N–H and O–H groups in total. The van der Waals surface area contributed by atoms with Crippen molar-refractivity contribution < 1.29 is 0 Å². The molecule has 0 atom stereocenters. The first kappa shape index (κ1) is 28.1. The molecule has 0 aliphatic heterocycles. The Kier molecular flexibility index (Phi) is 5.91. The molecule has 0 heteroatoms. The number of benzene rings is 7. The van der Waals surface area contributed by atoms with Crippen LogP contribution in [-0.2, 0) is 10.8 Å². The maximum Gasteiger partial charge on any atom is 0.0159 e. The van der Waals surface area contributed by atoms with Gasteiger partial charge in [0.25, 0.3) is 0 Å². The molecule has 9 rings (SSSR count). The zero-order valence-corrected chi connectivity index (χ0v) is 27.8. The Labute approximate surface area is 278 Å². The van der Waals surface area contributed by atoms with Crippen LogP contribution < -0.4 is 0 Å². The van der Waals surface area contributed by atoms with E-state index in [4.69, 9.17) is 0 Å². The molecule has 0 unspecified atom stereocenters. The van der Waals surface area contributed by atoms with Gasteiger partial charge in [0.15, 0.2) is 0 Å². The number of fused-ring (bicyclic) bond motifs is 7. The van der Waals surface area contributed by atoms with E-state index >= 15 is 0 Å². The van der Waals surface area contributed by atoms with Crippen molar-refractivity contribution in [3.8, 4) is 55.6 Å². The molecule has 0 saturated heterocycles. The van der Waals surface area contributed by atoms with Crippen LogP contribution in [0.2, 0.25) is 0 Å². The summed E-state index contributed by atoms with van der Waals surface area (Å²) in [6.07, 6.45) is 0. The van der Waals surface area contributed by atoms with Crippen LogP contribution in [0.15, 0.2) is 140 Å². The quantitative estimate of drug-likeness (QED) is 0.189. The smallest absolute Gasteiger partial charge is 0.0159 e. The monoisotopic (exact) mass is 602 g/mol. The van der Waals surface area contributed by atoms with Crippen LogP contribution in [-0.4, -0.2) is 0 Å². The normalized spacial score (nSPS) is 14.8. The molecule has 0 amide bonds. The lowest BCUT2D eigenvalue weighted by atomic mass is 9.78. The topological polar surface area (TPSA) is 0 Å². The molecule has 2 aliphatic rings. The van der Waals surface area contributed by atoms with Crippen molar-refractivity contribution in [1.29, 1.82) is 0 Å². The van der Waals surface area contributed by atoms with Crippen LogP contribution in [0.4, 0.5) is 0 Å². The Morgan fingerprint density at radius 3 is 1.34 bits per heavy atom. The minimum absolute atomic E-state index is 0.0804. The fourth-order valence-electron chi connectivity index (χ4n) is 8.39. The summed E-state index contributed by atoms with van der Waals surface area (Å²) in [6.45, 7) is 11.8. The first-order chi connectivity index (χ1) is 22.7. The molecular formula is C47H38. The summed E-state index contributed by atoms with van der Waals surface area (Å²) >= 11 is 0. The molecule has 47 heavy (non-hydrogen) atoms. The van der Waals surface area contributed by atoms with E-state index in [2.05, 4.69) is 174 Å². The van der Waals surface area contributed by atoms with Gasteiger partial charge in [0.05, 0.1) is 0 Å². The van der Waals surface area contributed by atoms with E-state index in [0.29, 0.717) is 0 Å². The zero-order valence-electron chi connectivity index (χ0n) is 27.8. The van der Waals surface area contributed by atoms with Gasteiger partial charge in [-0.1, -0.05) is 136 Å². The highest BCUT2D eigenvalue weighted by Gasteiger charge is 2.42. The first-order valence-electron chi connectivity index (χ1n) is 16.8. The van der Waals surface area contributed by atoms with Crippen molar-refractivity contribution in [3.63, 3.8) is 0 Å². The van der Waals surface area contributed by atoms with Gasteiger partial charge in [0.1, 0.15) is 0 Å². The summed E-state index contributed by atoms with van der Waals surface area (Å²) in [6, 6.07) is 52.6. The molecule has 0 heterocycles. The Balaban J connectivity index is 1.18. The molecule has 7 aromatic rings. The molecule has 0 radical (unpaired) electrons. The van der Waals surface area contributed by atoms with Crippen LogP contribution in [0.5, 0.6) is 0 Å². The largest absolute Gasteiger partial charge is 0.0622 e. The molecule has 0 aromatic heterocycles. The van der Waals surface area contributed by atoms with Gasteiger partial charge in [-0.2, -0.15) is 0 Å². The zero-order chi connectivity index (χ0) is 32.1. The molecule has 7 aromatic carbocycles. The predicted molar refractivity (Wildman–Crippen MR) is 200 cm³/mol. The van der Waals surface area contributed by atoms with Gasteiger partial charge in [0, 0.05) is 10.8 Å². The summed E-state index contributed by atoms with van der Waals surface area (Å²) in [7, 11) is 0. The summed E-state index contributed by atoms with van der Waals surface area (Å²) in [5.41, 5.74) is 20.0. The van der Waals surface area contributed by atoms with Gasteiger partial charge in [-0.3, -0.25) is 0 Å². The van der Waals surface area contributed by atoms with Crippen LogP contribution in [0.3, 0.4) is 0 Å². The van der Waals surface area contributed by atoms with Crippen molar-refractivity contribution in [2.24, 2.45) is 0 Å². The lowest BCUT2D eigenvalue weighted by molar-refractivity contribution is 0.652. The van der Waals surface area contributed by atoms with E-state index in [0.717, 1.165) is 0 Å². The molecule has 0 nitrogen and oxygen atoms in total. The van der Waals surface area contributed by atoms with Crippen molar-refractivity contribution in [2.75, 3.05) is 0 Å². The van der Waals surface area contributed by atoms with Gasteiger partial charge in [-0.05, 0) is 132 Å². The fraction of sp³-hybridized carbons (Fsp3) is 0.149. The maximum atomic E-state index is 2.52. The highest BCUT2D eigenvalue weighted by molar-refractivity contribution is 5.98. The molecule has 226 valence electrons. The van der Waals surface area contributed by atoms with E-state index < -0.39 is 0 Å². The van der Waals surface area contributed by atoms with E-state index in [1.807, 2.05) is 0 Å². The molecule has 0 spiro atoms. The highest BCUT2D eigenvalue weighted by Crippen LogP contribution is 2.57. The van der Waals surface area contributed by atoms with Crippen LogP contribution in [0.1, 0.15) is 55.5 Å². The Morgan fingerprint density at radius 2 is 0.766 bits per heavy atom. The SMILES string of the molecule is Cc1ccc(-c2ccc3c(c2)C(C)(C)c2cc4c(cc2-3)C(C)(C)c2cc(-c3cc5ccccc5cc3-c3ccccc3)ccc2-4)cc1. The van der Waals surface area contributed by atoms with Gasteiger partial charge in [-0.25, -0.2) is 0 Å². The van der Waals surface area contributed by atoms with E-state index in [-0.39, 0.29) is 10.8 Å². The third-order valence-electron chi connectivity index (χ3n) is 11.1. The second-order valence-corrected chi connectivity index (χ2v) is 14.7. The lowest BCUT2D eigenvalue weighted by Gasteiger charge is -2.24. The van der Waals surface area contributed by atoms with Crippen molar-refractivity contribution in [1.82, 2.24) is 0 Å². The maximum absolute atomic E-state index is 2.52. The standard InChI is InChI=1S/C47H38/c1-29-15-17-30(18-16-29)34-19-21-36-40-27-45-41(28-44(40)46(2,3)42(36)25-34)37-22-20-35(26-43(37)47(45,4)5)39-24-33-14-10-9-13-32(33)23-38(39)31-11-7-6-8-12-31/h6-28H,1-5H3. The molecule has 0 bridgehead atoms. The van der Waals surface area contributed by atoms with Gasteiger partial charge in [0.2, 0.25) is 0 Å². The Morgan fingerprint density at radius 1 is 0.319 bits per heavy atom. The second-order valence-electron chi connectivity index (χ2n) is 14.7. The fourth-order valence-corrected chi connectivity index (χ4v) is 8.39. The van der Waals surface area contributed by atoms with Crippen molar-refractivity contribution >= 4 is 10.8 Å². The summed E-state index contributed by atoms with van der Waals surface area (Å²) in [5, 5.41) is 2.54. The third kappa shape index (κ3) is 4.14. The van der Waals surface area contributed by atoms with Crippen molar-refractivity contribution in [2.45, 2.75) is 45.4 Å². The van der Waals surface area contributed by atoms with E-state index in [1.165, 1.54) is 94.2 Å². The Hall–Kier alpha value is -5.20. The third-order valence-corrected chi connectivity index (χ3v) is 11.1. The first-order valence-corrected chi connectivity index (χ1v) is 16.8. The van der Waals surface area contributed by atoms with Gasteiger partial charge >= 0.3 is 0 Å². The lowest BCUT2D eigenvalue weighted by Crippen LogP contribution is -2.17. The molecule has 2 aliphatic carbocycles. The average Bonchev–Trinajstić information content (AvgIpc) is 3.46.